The first kappa shape index (κ1) is 23.1. The zero-order valence-electron chi connectivity index (χ0n) is 16.9. The Balaban J connectivity index is 1.85. The summed E-state index contributed by atoms with van der Waals surface area (Å²) < 4.78 is 34.7. The van der Waals surface area contributed by atoms with Crippen LogP contribution in [0.4, 0.5) is 0 Å². The molecule has 0 atom stereocenters. The Hall–Kier alpha value is -1.58. The van der Waals surface area contributed by atoms with E-state index < -0.39 is 10.0 Å². The van der Waals surface area contributed by atoms with Crippen molar-refractivity contribution < 1.29 is 17.9 Å². The largest absolute Gasteiger partial charge is 0.383 e. The summed E-state index contributed by atoms with van der Waals surface area (Å²) >= 11 is 12.1. The van der Waals surface area contributed by atoms with Crippen molar-refractivity contribution in [2.75, 3.05) is 26.8 Å². The Morgan fingerprint density at radius 1 is 1.27 bits per heavy atom. The van der Waals surface area contributed by atoms with Crippen molar-refractivity contribution in [1.82, 2.24) is 13.8 Å². The highest BCUT2D eigenvalue weighted by Crippen LogP contribution is 2.30. The standard InChI is InChI=1S/C20H25Cl2N3O4S/c1-23-9-3-4-17(23)13-25(16-6-7-16)20(26)14-24(10-11-29-2)30(27,28)19-12-15(21)5-8-18(19)22/h3-5,8-9,12,16H,6-7,10-11,13-14H2,1-2H3. The van der Waals surface area contributed by atoms with Crippen molar-refractivity contribution in [2.24, 2.45) is 7.05 Å². The van der Waals surface area contributed by atoms with E-state index in [0.29, 0.717) is 6.54 Å². The minimum absolute atomic E-state index is 0.0239. The first-order valence-corrected chi connectivity index (χ1v) is 11.8. The molecule has 0 N–H and O–H groups in total. The lowest BCUT2D eigenvalue weighted by Gasteiger charge is -2.27. The Kier molecular flexibility index (Phi) is 7.47. The molecule has 1 aromatic carbocycles. The van der Waals surface area contributed by atoms with Gasteiger partial charge in [0.2, 0.25) is 15.9 Å². The number of halogens is 2. The fraction of sp³-hybridized carbons (Fsp3) is 0.450. The van der Waals surface area contributed by atoms with Crippen LogP contribution in [0.1, 0.15) is 18.5 Å². The summed E-state index contributed by atoms with van der Waals surface area (Å²) in [6.45, 7) is 0.306. The lowest BCUT2D eigenvalue weighted by molar-refractivity contribution is -0.132. The van der Waals surface area contributed by atoms with Crippen LogP contribution in [0.25, 0.3) is 0 Å². The molecule has 0 saturated heterocycles. The second-order valence-corrected chi connectivity index (χ2v) is 10.0. The van der Waals surface area contributed by atoms with Gasteiger partial charge < -0.3 is 14.2 Å². The van der Waals surface area contributed by atoms with Gasteiger partial charge in [0, 0.05) is 43.7 Å². The van der Waals surface area contributed by atoms with Crippen LogP contribution in [0, 0.1) is 0 Å². The quantitative estimate of drug-likeness (QED) is 0.531. The van der Waals surface area contributed by atoms with Crippen molar-refractivity contribution in [3.63, 3.8) is 0 Å². The molecule has 1 heterocycles. The number of aryl methyl sites for hydroxylation is 1. The molecule has 30 heavy (non-hydrogen) atoms. The van der Waals surface area contributed by atoms with E-state index in [2.05, 4.69) is 0 Å². The molecule has 0 unspecified atom stereocenters. The number of carbonyl (C=O) groups excluding carboxylic acids is 1. The first-order valence-electron chi connectivity index (χ1n) is 9.58. The molecule has 7 nitrogen and oxygen atoms in total. The number of aromatic nitrogens is 1. The molecule has 0 spiro atoms. The monoisotopic (exact) mass is 473 g/mol. The highest BCUT2D eigenvalue weighted by Gasteiger charge is 2.36. The fourth-order valence-electron chi connectivity index (χ4n) is 3.18. The number of sulfonamides is 1. The highest BCUT2D eigenvalue weighted by molar-refractivity contribution is 7.89. The predicted octanol–water partition coefficient (Wildman–Crippen LogP) is 3.16. The van der Waals surface area contributed by atoms with Gasteiger partial charge in [-0.25, -0.2) is 8.42 Å². The number of nitrogens with zero attached hydrogens (tertiary/aromatic N) is 3. The molecule has 1 amide bonds. The lowest BCUT2D eigenvalue weighted by Crippen LogP contribution is -2.44. The number of ether oxygens (including phenoxy) is 1. The van der Waals surface area contributed by atoms with Gasteiger partial charge in [0.25, 0.3) is 0 Å². The Morgan fingerprint density at radius 2 is 2.00 bits per heavy atom. The molecule has 1 saturated carbocycles. The van der Waals surface area contributed by atoms with Crippen LogP contribution in [-0.2, 0) is 33.1 Å². The third-order valence-corrected chi connectivity index (χ3v) is 7.62. The zero-order chi connectivity index (χ0) is 21.9. The van der Waals surface area contributed by atoms with Crippen LogP contribution >= 0.6 is 23.2 Å². The maximum absolute atomic E-state index is 13.3. The third kappa shape index (κ3) is 5.36. The summed E-state index contributed by atoms with van der Waals surface area (Å²) in [4.78, 5) is 14.8. The molecule has 0 aliphatic heterocycles. The van der Waals surface area contributed by atoms with E-state index in [1.807, 2.05) is 29.9 Å². The van der Waals surface area contributed by atoms with Crippen molar-refractivity contribution in [1.29, 1.82) is 0 Å². The van der Waals surface area contributed by atoms with Crippen molar-refractivity contribution in [3.05, 3.63) is 52.3 Å². The van der Waals surface area contributed by atoms with Crippen LogP contribution < -0.4 is 0 Å². The van der Waals surface area contributed by atoms with Crippen molar-refractivity contribution >= 4 is 39.1 Å². The van der Waals surface area contributed by atoms with E-state index in [9.17, 15) is 13.2 Å². The lowest BCUT2D eigenvalue weighted by atomic mass is 10.3. The third-order valence-electron chi connectivity index (χ3n) is 5.06. The van der Waals surface area contributed by atoms with Crippen LogP contribution in [0.3, 0.4) is 0 Å². The predicted molar refractivity (Wildman–Crippen MR) is 116 cm³/mol. The number of amides is 1. The van der Waals surface area contributed by atoms with E-state index >= 15 is 0 Å². The molecule has 1 aromatic heterocycles. The van der Waals surface area contributed by atoms with Gasteiger partial charge >= 0.3 is 0 Å². The van der Waals surface area contributed by atoms with E-state index in [-0.39, 0.29) is 46.6 Å². The van der Waals surface area contributed by atoms with E-state index in [1.165, 1.54) is 25.3 Å². The Bertz CT molecular complexity index is 1010. The number of benzene rings is 1. The van der Waals surface area contributed by atoms with Crippen molar-refractivity contribution in [2.45, 2.75) is 30.3 Å². The maximum Gasteiger partial charge on any atom is 0.245 e. The second kappa shape index (κ2) is 9.70. The van der Waals surface area contributed by atoms with Gasteiger partial charge in [-0.2, -0.15) is 4.31 Å². The minimum Gasteiger partial charge on any atom is -0.383 e. The van der Waals surface area contributed by atoms with Crippen LogP contribution in [-0.4, -0.2) is 60.9 Å². The Labute approximate surface area is 187 Å². The smallest absolute Gasteiger partial charge is 0.245 e. The van der Waals surface area contributed by atoms with Gasteiger partial charge in [-0.15, -0.1) is 0 Å². The van der Waals surface area contributed by atoms with Gasteiger partial charge in [0.1, 0.15) is 4.90 Å². The van der Waals surface area contributed by atoms with Crippen LogP contribution in [0.2, 0.25) is 10.0 Å². The molecule has 0 radical (unpaired) electrons. The average molecular weight is 474 g/mol. The van der Waals surface area contributed by atoms with Gasteiger partial charge in [-0.3, -0.25) is 4.79 Å². The number of methoxy groups -OCH3 is 1. The van der Waals surface area contributed by atoms with Gasteiger partial charge in [0.05, 0.1) is 24.7 Å². The molecular formula is C20H25Cl2N3O4S. The number of hydrogen-bond donors (Lipinski definition) is 0. The molecule has 1 fully saturated rings. The van der Waals surface area contributed by atoms with E-state index in [4.69, 9.17) is 27.9 Å². The second-order valence-electron chi connectivity index (χ2n) is 7.27. The molecule has 0 bridgehead atoms. The Morgan fingerprint density at radius 3 is 2.60 bits per heavy atom. The van der Waals surface area contributed by atoms with Gasteiger partial charge in [-0.05, 0) is 43.2 Å². The molecule has 1 aliphatic rings. The summed E-state index contributed by atoms with van der Waals surface area (Å²) in [6.07, 6.45) is 3.75. The normalized spacial score (nSPS) is 14.3. The van der Waals surface area contributed by atoms with Crippen LogP contribution in [0.5, 0.6) is 0 Å². The minimum atomic E-state index is -4.05. The molecule has 164 valence electrons. The summed E-state index contributed by atoms with van der Waals surface area (Å²) in [7, 11) is -0.651. The summed E-state index contributed by atoms with van der Waals surface area (Å²) in [5.41, 5.74) is 0.986. The maximum atomic E-state index is 13.3. The fourth-order valence-corrected chi connectivity index (χ4v) is 5.29. The number of rotatable bonds is 10. The average Bonchev–Trinajstić information content (AvgIpc) is 3.46. The molecule has 2 aromatic rings. The number of hydrogen-bond acceptors (Lipinski definition) is 4. The first-order chi connectivity index (χ1) is 14.2. The van der Waals surface area contributed by atoms with Crippen LogP contribution in [0.15, 0.2) is 41.4 Å². The summed E-state index contributed by atoms with van der Waals surface area (Å²) in [5.74, 6) is -0.253. The molecule has 1 aliphatic carbocycles. The molecular weight excluding hydrogens is 449 g/mol. The number of carbonyl (C=O) groups is 1. The SMILES string of the molecule is COCCN(CC(=O)N(Cc1cccn1C)C1CC1)S(=O)(=O)c1cc(Cl)ccc1Cl. The topological polar surface area (TPSA) is 71.8 Å². The highest BCUT2D eigenvalue weighted by atomic mass is 35.5. The van der Waals surface area contributed by atoms with Gasteiger partial charge in [-0.1, -0.05) is 23.2 Å². The van der Waals surface area contributed by atoms with E-state index in [1.54, 1.807) is 4.90 Å². The summed E-state index contributed by atoms with van der Waals surface area (Å²) in [6, 6.07) is 8.25. The summed E-state index contributed by atoms with van der Waals surface area (Å²) in [5, 5.41) is 0.302. The van der Waals surface area contributed by atoms with E-state index in [0.717, 1.165) is 22.8 Å². The van der Waals surface area contributed by atoms with Gasteiger partial charge in [0.15, 0.2) is 0 Å². The molecule has 10 heteroatoms. The van der Waals surface area contributed by atoms with Crippen molar-refractivity contribution in [3.8, 4) is 0 Å². The molecule has 3 rings (SSSR count). The zero-order valence-corrected chi connectivity index (χ0v) is 19.3.